The fourth-order valence-corrected chi connectivity index (χ4v) is 2.84. The Hall–Kier alpha value is -1.26. The third kappa shape index (κ3) is 3.25. The molecule has 0 amide bonds. The average molecular weight is 279 g/mol. The van der Waals surface area contributed by atoms with Crippen LogP contribution in [0.2, 0.25) is 0 Å². The van der Waals surface area contributed by atoms with Gasteiger partial charge >= 0.3 is 0 Å². The third-order valence-electron chi connectivity index (χ3n) is 3.85. The van der Waals surface area contributed by atoms with Crippen molar-refractivity contribution in [2.75, 3.05) is 31.7 Å². The molecule has 1 aliphatic rings. The summed E-state index contributed by atoms with van der Waals surface area (Å²) in [5.74, 6) is 0.739. The minimum absolute atomic E-state index is 0.294. The molecule has 20 heavy (non-hydrogen) atoms. The lowest BCUT2D eigenvalue weighted by molar-refractivity contribution is 0.115. The van der Waals surface area contributed by atoms with Crippen LogP contribution >= 0.6 is 0 Å². The van der Waals surface area contributed by atoms with E-state index in [1.807, 2.05) is 18.2 Å². The van der Waals surface area contributed by atoms with Crippen molar-refractivity contribution in [3.8, 4) is 5.75 Å². The molecule has 4 nitrogen and oxygen atoms in total. The van der Waals surface area contributed by atoms with E-state index in [9.17, 15) is 5.11 Å². The first-order valence-corrected chi connectivity index (χ1v) is 7.38. The summed E-state index contributed by atoms with van der Waals surface area (Å²) in [5.41, 5.74) is 1.90. The summed E-state index contributed by atoms with van der Waals surface area (Å²) in [6, 6.07) is 5.91. The smallest absolute Gasteiger partial charge is 0.126 e. The molecule has 4 heteroatoms. The number of hydrogen-bond donors (Lipinski definition) is 1. The van der Waals surface area contributed by atoms with Crippen molar-refractivity contribution in [2.24, 2.45) is 0 Å². The van der Waals surface area contributed by atoms with Gasteiger partial charge in [-0.2, -0.15) is 0 Å². The van der Waals surface area contributed by atoms with Gasteiger partial charge < -0.3 is 19.5 Å². The summed E-state index contributed by atoms with van der Waals surface area (Å²) in [6.07, 6.45) is 2.00. The van der Waals surface area contributed by atoms with Crippen LogP contribution in [0.25, 0.3) is 0 Å². The lowest BCUT2D eigenvalue weighted by Gasteiger charge is -2.29. The molecule has 2 rings (SSSR count). The number of likely N-dealkylation sites (N-methyl/N-ethyl adjacent to an activating group) is 1. The van der Waals surface area contributed by atoms with Crippen LogP contribution < -0.4 is 9.64 Å². The minimum Gasteiger partial charge on any atom is -0.496 e. The topological polar surface area (TPSA) is 41.9 Å². The lowest BCUT2D eigenvalue weighted by atomic mass is 10.0. The van der Waals surface area contributed by atoms with Gasteiger partial charge in [-0.1, -0.05) is 6.07 Å². The quantitative estimate of drug-likeness (QED) is 0.869. The van der Waals surface area contributed by atoms with Gasteiger partial charge in [0.1, 0.15) is 5.75 Å². The summed E-state index contributed by atoms with van der Waals surface area (Å²) >= 11 is 0. The molecule has 1 fully saturated rings. The van der Waals surface area contributed by atoms with Gasteiger partial charge in [-0.05, 0) is 38.8 Å². The molecule has 1 N–H and O–H groups in total. The Morgan fingerprint density at radius 1 is 1.50 bits per heavy atom. The molecular weight excluding hydrogens is 254 g/mol. The highest BCUT2D eigenvalue weighted by Crippen LogP contribution is 2.35. The Bertz CT molecular complexity index is 428. The number of rotatable bonds is 6. The maximum absolute atomic E-state index is 10.1. The van der Waals surface area contributed by atoms with Crippen molar-refractivity contribution < 1.29 is 14.6 Å². The second-order valence-corrected chi connectivity index (χ2v) is 5.24. The van der Waals surface area contributed by atoms with Crippen LogP contribution in [0.1, 0.15) is 38.4 Å². The fraction of sp³-hybridized carbons (Fsp3) is 0.625. The Balaban J connectivity index is 2.27. The zero-order chi connectivity index (χ0) is 14.5. The predicted molar refractivity (Wildman–Crippen MR) is 80.5 cm³/mol. The molecule has 0 radical (unpaired) electrons. The van der Waals surface area contributed by atoms with Gasteiger partial charge in [-0.15, -0.1) is 0 Å². The number of anilines is 1. The molecule has 0 saturated carbocycles. The van der Waals surface area contributed by atoms with Crippen molar-refractivity contribution >= 4 is 5.69 Å². The van der Waals surface area contributed by atoms with Crippen LogP contribution in [0.4, 0.5) is 5.69 Å². The van der Waals surface area contributed by atoms with Gasteiger partial charge in [-0.3, -0.25) is 0 Å². The van der Waals surface area contributed by atoms with E-state index >= 15 is 0 Å². The van der Waals surface area contributed by atoms with E-state index in [0.29, 0.717) is 6.10 Å². The molecular formula is C16H25NO3. The molecule has 1 saturated heterocycles. The Morgan fingerprint density at radius 2 is 2.30 bits per heavy atom. The summed E-state index contributed by atoms with van der Waals surface area (Å²) in [4.78, 5) is 2.26. The zero-order valence-corrected chi connectivity index (χ0v) is 12.6. The van der Waals surface area contributed by atoms with Crippen LogP contribution in [0.15, 0.2) is 18.2 Å². The summed E-state index contributed by atoms with van der Waals surface area (Å²) in [6.45, 7) is 6.52. The third-order valence-corrected chi connectivity index (χ3v) is 3.85. The lowest BCUT2D eigenvalue weighted by Crippen LogP contribution is -2.33. The fourth-order valence-electron chi connectivity index (χ4n) is 2.84. The molecule has 0 aliphatic carbocycles. The van der Waals surface area contributed by atoms with Crippen molar-refractivity contribution in [3.63, 3.8) is 0 Å². The summed E-state index contributed by atoms with van der Waals surface area (Å²) < 4.78 is 11.1. The SMILES string of the molecule is CCN(CC1CCCO1)c1cccc(OC)c1C(C)O. The first-order valence-electron chi connectivity index (χ1n) is 7.38. The second-order valence-electron chi connectivity index (χ2n) is 5.24. The standard InChI is InChI=1S/C16H25NO3/c1-4-17(11-13-7-6-10-20-13)14-8-5-9-15(19-3)16(14)12(2)18/h5,8-9,12-13,18H,4,6-7,10-11H2,1-3H3. The first-order chi connectivity index (χ1) is 9.67. The van der Waals surface area contributed by atoms with E-state index in [4.69, 9.17) is 9.47 Å². The van der Waals surface area contributed by atoms with E-state index in [1.54, 1.807) is 14.0 Å². The van der Waals surface area contributed by atoms with Gasteiger partial charge in [0.05, 0.1) is 19.3 Å². The number of aliphatic hydroxyl groups is 1. The van der Waals surface area contributed by atoms with Gasteiger partial charge in [0.25, 0.3) is 0 Å². The van der Waals surface area contributed by atoms with E-state index in [1.165, 1.54) is 0 Å². The largest absolute Gasteiger partial charge is 0.496 e. The molecule has 1 aromatic rings. The van der Waals surface area contributed by atoms with Crippen molar-refractivity contribution in [3.05, 3.63) is 23.8 Å². The van der Waals surface area contributed by atoms with Crippen LogP contribution in [0, 0.1) is 0 Å². The normalized spacial score (nSPS) is 19.9. The van der Waals surface area contributed by atoms with Gasteiger partial charge in [0.15, 0.2) is 0 Å². The maximum Gasteiger partial charge on any atom is 0.126 e. The van der Waals surface area contributed by atoms with Crippen LogP contribution in [0.3, 0.4) is 0 Å². The number of ether oxygens (including phenoxy) is 2. The first kappa shape index (κ1) is 15.1. The predicted octanol–water partition coefficient (Wildman–Crippen LogP) is 2.75. The van der Waals surface area contributed by atoms with Gasteiger partial charge in [0, 0.05) is 30.9 Å². The van der Waals surface area contributed by atoms with Gasteiger partial charge in [-0.25, -0.2) is 0 Å². The maximum atomic E-state index is 10.1. The number of nitrogens with zero attached hydrogens (tertiary/aromatic N) is 1. The van der Waals surface area contributed by atoms with Crippen LogP contribution in [0.5, 0.6) is 5.75 Å². The molecule has 0 bridgehead atoms. The van der Waals surface area contributed by atoms with E-state index < -0.39 is 6.10 Å². The van der Waals surface area contributed by atoms with E-state index in [0.717, 1.165) is 49.5 Å². The average Bonchev–Trinajstić information content (AvgIpc) is 2.96. The van der Waals surface area contributed by atoms with Crippen LogP contribution in [-0.2, 0) is 4.74 Å². The number of aliphatic hydroxyl groups excluding tert-OH is 1. The molecule has 2 atom stereocenters. The van der Waals surface area contributed by atoms with E-state index in [-0.39, 0.29) is 0 Å². The van der Waals surface area contributed by atoms with Crippen molar-refractivity contribution in [2.45, 2.75) is 38.9 Å². The number of benzene rings is 1. The molecule has 1 aromatic carbocycles. The number of hydrogen-bond acceptors (Lipinski definition) is 4. The van der Waals surface area contributed by atoms with Crippen molar-refractivity contribution in [1.82, 2.24) is 0 Å². The Morgan fingerprint density at radius 3 is 2.85 bits per heavy atom. The highest BCUT2D eigenvalue weighted by atomic mass is 16.5. The van der Waals surface area contributed by atoms with Crippen LogP contribution in [-0.4, -0.2) is 38.0 Å². The monoisotopic (exact) mass is 279 g/mol. The van der Waals surface area contributed by atoms with Gasteiger partial charge in [0.2, 0.25) is 0 Å². The highest BCUT2D eigenvalue weighted by molar-refractivity contribution is 5.60. The Labute approximate surface area is 121 Å². The number of methoxy groups -OCH3 is 1. The Kier molecular flexibility index (Phi) is 5.26. The molecule has 0 aromatic heterocycles. The molecule has 1 aliphatic heterocycles. The molecule has 1 heterocycles. The summed E-state index contributed by atoms with van der Waals surface area (Å²) in [5, 5.41) is 10.1. The van der Waals surface area contributed by atoms with Crippen molar-refractivity contribution in [1.29, 1.82) is 0 Å². The molecule has 112 valence electrons. The second kappa shape index (κ2) is 6.95. The minimum atomic E-state index is -0.556. The highest BCUT2D eigenvalue weighted by Gasteiger charge is 2.22. The molecule has 0 spiro atoms. The zero-order valence-electron chi connectivity index (χ0n) is 12.6. The summed E-state index contributed by atoms with van der Waals surface area (Å²) in [7, 11) is 1.64. The molecule has 2 unspecified atom stereocenters. The van der Waals surface area contributed by atoms with E-state index in [2.05, 4.69) is 11.8 Å².